The molecule has 0 aliphatic carbocycles. The first-order valence-corrected chi connectivity index (χ1v) is 10.7. The van der Waals surface area contributed by atoms with Crippen LogP contribution in [0.25, 0.3) is 0 Å². The third kappa shape index (κ3) is 5.75. The highest BCUT2D eigenvalue weighted by Crippen LogP contribution is 2.19. The van der Waals surface area contributed by atoms with Crippen molar-refractivity contribution in [2.24, 2.45) is 0 Å². The summed E-state index contributed by atoms with van der Waals surface area (Å²) in [5, 5.41) is 0. The van der Waals surface area contributed by atoms with Crippen molar-refractivity contribution < 1.29 is 23.1 Å². The van der Waals surface area contributed by atoms with Gasteiger partial charge in [0.25, 0.3) is 5.91 Å². The molecular weight excluding hydrogens is 411 g/mol. The molecule has 0 spiro atoms. The van der Waals surface area contributed by atoms with Crippen LogP contribution in [0.4, 0.5) is 4.39 Å². The zero-order chi connectivity index (χ0) is 22.3. The summed E-state index contributed by atoms with van der Waals surface area (Å²) in [4.78, 5) is 16.6. The van der Waals surface area contributed by atoms with Crippen molar-refractivity contribution in [3.63, 3.8) is 0 Å². The summed E-state index contributed by atoms with van der Waals surface area (Å²) < 4.78 is 30.2. The van der Waals surface area contributed by atoms with Gasteiger partial charge < -0.3 is 18.8 Å². The van der Waals surface area contributed by atoms with Crippen LogP contribution in [-0.2, 0) is 24.4 Å². The van der Waals surface area contributed by atoms with Gasteiger partial charge >= 0.3 is 0 Å². The molecule has 4 rings (SSSR count). The maximum atomic E-state index is 13.7. The number of ether oxygens (including phenoxy) is 2. The number of carbonyl (C=O) groups is 1. The quantitative estimate of drug-likeness (QED) is 0.530. The maximum Gasteiger partial charge on any atom is 0.289 e. The molecule has 2 aromatic carbocycles. The third-order valence-corrected chi connectivity index (χ3v) is 5.41. The van der Waals surface area contributed by atoms with Crippen molar-refractivity contribution in [2.75, 3.05) is 33.4 Å². The normalized spacial score (nSPS) is 14.0. The van der Waals surface area contributed by atoms with Gasteiger partial charge in [0.15, 0.2) is 5.76 Å². The second-order valence-electron chi connectivity index (χ2n) is 7.79. The number of hydrogen-bond donors (Lipinski definition) is 0. The van der Waals surface area contributed by atoms with E-state index in [4.69, 9.17) is 13.9 Å². The molecular formula is C25H27FN2O4. The van der Waals surface area contributed by atoms with Crippen molar-refractivity contribution in [1.29, 1.82) is 0 Å². The Hall–Kier alpha value is -3.16. The van der Waals surface area contributed by atoms with Crippen LogP contribution >= 0.6 is 0 Å². The highest BCUT2D eigenvalue weighted by atomic mass is 19.1. The number of hydrogen-bond acceptors (Lipinski definition) is 5. The molecule has 1 aromatic heterocycles. The molecule has 0 radical (unpaired) electrons. The molecule has 1 amide bonds. The molecule has 7 heteroatoms. The molecule has 0 bridgehead atoms. The fourth-order valence-corrected chi connectivity index (χ4v) is 3.77. The summed E-state index contributed by atoms with van der Waals surface area (Å²) in [6, 6.07) is 18.0. The molecule has 0 unspecified atom stereocenters. The van der Waals surface area contributed by atoms with E-state index in [1.807, 2.05) is 36.4 Å². The Bertz CT molecular complexity index is 1030. The molecule has 0 atom stereocenters. The van der Waals surface area contributed by atoms with E-state index in [1.165, 1.54) is 12.1 Å². The molecule has 1 saturated heterocycles. The van der Waals surface area contributed by atoms with Gasteiger partial charge in [0.2, 0.25) is 0 Å². The van der Waals surface area contributed by atoms with E-state index in [0.717, 1.165) is 16.9 Å². The topological polar surface area (TPSA) is 55.2 Å². The van der Waals surface area contributed by atoms with Crippen LogP contribution < -0.4 is 4.74 Å². The Morgan fingerprint density at radius 1 is 1.00 bits per heavy atom. The van der Waals surface area contributed by atoms with Gasteiger partial charge in [0, 0.05) is 26.2 Å². The molecule has 1 aliphatic rings. The predicted molar refractivity (Wildman–Crippen MR) is 118 cm³/mol. The average molecular weight is 438 g/mol. The first kappa shape index (κ1) is 22.0. The predicted octanol–water partition coefficient (Wildman–Crippen LogP) is 4.10. The Balaban J connectivity index is 1.49. The van der Waals surface area contributed by atoms with Crippen LogP contribution in [0.1, 0.15) is 27.4 Å². The van der Waals surface area contributed by atoms with Gasteiger partial charge in [-0.15, -0.1) is 0 Å². The van der Waals surface area contributed by atoms with Gasteiger partial charge in [-0.1, -0.05) is 24.3 Å². The Morgan fingerprint density at radius 2 is 1.75 bits per heavy atom. The number of carbonyl (C=O) groups excluding carboxylic acids is 1. The minimum atomic E-state index is -0.261. The highest BCUT2D eigenvalue weighted by Gasteiger charge is 2.22. The first-order valence-electron chi connectivity index (χ1n) is 10.7. The lowest BCUT2D eigenvalue weighted by Crippen LogP contribution is -2.40. The molecule has 1 fully saturated rings. The summed E-state index contributed by atoms with van der Waals surface area (Å²) in [6.07, 6.45) is 0. The van der Waals surface area contributed by atoms with E-state index in [-0.39, 0.29) is 11.7 Å². The highest BCUT2D eigenvalue weighted by molar-refractivity contribution is 5.91. The number of amides is 1. The van der Waals surface area contributed by atoms with E-state index in [0.29, 0.717) is 57.5 Å². The number of halogens is 1. The lowest BCUT2D eigenvalue weighted by atomic mass is 10.1. The monoisotopic (exact) mass is 438 g/mol. The fourth-order valence-electron chi connectivity index (χ4n) is 3.77. The lowest BCUT2D eigenvalue weighted by Gasteiger charge is -2.25. The zero-order valence-electron chi connectivity index (χ0n) is 18.1. The van der Waals surface area contributed by atoms with Crippen LogP contribution in [0.2, 0.25) is 0 Å². The Kier molecular flexibility index (Phi) is 7.19. The number of methoxy groups -OCH3 is 1. The summed E-state index contributed by atoms with van der Waals surface area (Å²) in [5.41, 5.74) is 1.97. The van der Waals surface area contributed by atoms with E-state index < -0.39 is 0 Å². The Morgan fingerprint density at radius 3 is 2.47 bits per heavy atom. The van der Waals surface area contributed by atoms with Gasteiger partial charge in [0.1, 0.15) is 17.3 Å². The average Bonchev–Trinajstić information content (AvgIpc) is 3.28. The lowest BCUT2D eigenvalue weighted by molar-refractivity contribution is 0.0281. The minimum Gasteiger partial charge on any atom is -0.497 e. The molecule has 0 saturated carbocycles. The van der Waals surface area contributed by atoms with Gasteiger partial charge in [-0.3, -0.25) is 9.69 Å². The molecule has 6 nitrogen and oxygen atoms in total. The number of nitrogens with zero attached hydrogens (tertiary/aromatic N) is 2. The van der Waals surface area contributed by atoms with Crippen LogP contribution in [0.15, 0.2) is 65.1 Å². The van der Waals surface area contributed by atoms with E-state index >= 15 is 0 Å². The Labute approximate surface area is 187 Å². The number of rotatable bonds is 8. The second kappa shape index (κ2) is 10.4. The number of furan rings is 1. The van der Waals surface area contributed by atoms with E-state index in [1.54, 1.807) is 24.1 Å². The second-order valence-corrected chi connectivity index (χ2v) is 7.79. The summed E-state index contributed by atoms with van der Waals surface area (Å²) in [7, 11) is 1.64. The maximum absolute atomic E-state index is 13.7. The fraction of sp³-hybridized carbons (Fsp3) is 0.320. The van der Waals surface area contributed by atoms with Crippen LogP contribution in [0.3, 0.4) is 0 Å². The molecule has 168 valence electrons. The zero-order valence-corrected chi connectivity index (χ0v) is 18.1. The van der Waals surface area contributed by atoms with Crippen molar-refractivity contribution >= 4 is 5.91 Å². The van der Waals surface area contributed by atoms with E-state index in [9.17, 15) is 9.18 Å². The van der Waals surface area contributed by atoms with Gasteiger partial charge in [0.05, 0.1) is 26.9 Å². The van der Waals surface area contributed by atoms with Crippen molar-refractivity contribution in [3.05, 3.63) is 89.1 Å². The molecule has 3 aromatic rings. The third-order valence-electron chi connectivity index (χ3n) is 5.41. The molecule has 32 heavy (non-hydrogen) atoms. The van der Waals surface area contributed by atoms with Crippen molar-refractivity contribution in [3.8, 4) is 5.75 Å². The SMILES string of the molecule is COc1ccc(CN(Cc2cccc(F)c2)Cc2ccc(C(=O)N3CCOCC3)o2)cc1. The standard InChI is InChI=1S/C25H27FN2O4/c1-30-22-7-5-19(6-8-22)16-27(17-20-3-2-4-21(26)15-20)18-23-9-10-24(32-23)25(29)28-11-13-31-14-12-28/h2-10,15H,11-14,16-18H2,1H3. The summed E-state index contributed by atoms with van der Waals surface area (Å²) >= 11 is 0. The minimum absolute atomic E-state index is 0.119. The van der Waals surface area contributed by atoms with Crippen LogP contribution in [0.5, 0.6) is 5.75 Å². The van der Waals surface area contributed by atoms with Crippen molar-refractivity contribution in [2.45, 2.75) is 19.6 Å². The first-order chi connectivity index (χ1) is 15.6. The molecule has 0 N–H and O–H groups in total. The smallest absolute Gasteiger partial charge is 0.289 e. The van der Waals surface area contributed by atoms with Crippen LogP contribution in [0, 0.1) is 5.82 Å². The summed E-state index contributed by atoms with van der Waals surface area (Å²) in [6.45, 7) is 3.88. The number of morpholine rings is 1. The number of benzene rings is 2. The van der Waals surface area contributed by atoms with E-state index in [2.05, 4.69) is 4.90 Å². The molecule has 1 aliphatic heterocycles. The van der Waals surface area contributed by atoms with Crippen molar-refractivity contribution in [1.82, 2.24) is 9.80 Å². The van der Waals surface area contributed by atoms with Crippen LogP contribution in [-0.4, -0.2) is 49.1 Å². The molecule has 2 heterocycles. The van der Waals surface area contributed by atoms with Gasteiger partial charge in [-0.2, -0.15) is 0 Å². The largest absolute Gasteiger partial charge is 0.497 e. The van der Waals surface area contributed by atoms with Gasteiger partial charge in [-0.05, 0) is 47.5 Å². The summed E-state index contributed by atoms with van der Waals surface area (Å²) in [5.74, 6) is 1.43. The van der Waals surface area contributed by atoms with Gasteiger partial charge in [-0.25, -0.2) is 4.39 Å².